The minimum atomic E-state index is 0.159. The SMILES string of the molecule is Cc1ccc(CCC(=O)NCCC2CCCOC2)c(C)c1. The first kappa shape index (κ1) is 16.0. The van der Waals surface area contributed by atoms with Crippen molar-refractivity contribution in [2.45, 2.75) is 46.0 Å². The Morgan fingerprint density at radius 2 is 2.24 bits per heavy atom. The van der Waals surface area contributed by atoms with Crippen LogP contribution in [0.15, 0.2) is 18.2 Å². The highest BCUT2D eigenvalue weighted by Gasteiger charge is 2.13. The number of benzene rings is 1. The largest absolute Gasteiger partial charge is 0.381 e. The van der Waals surface area contributed by atoms with Crippen LogP contribution in [0.25, 0.3) is 0 Å². The molecular formula is C18H27NO2. The smallest absolute Gasteiger partial charge is 0.220 e. The molecule has 1 N–H and O–H groups in total. The van der Waals surface area contributed by atoms with E-state index < -0.39 is 0 Å². The van der Waals surface area contributed by atoms with E-state index in [1.165, 1.54) is 23.1 Å². The Kier molecular flexibility index (Phi) is 6.24. The molecule has 1 aromatic carbocycles. The molecule has 2 rings (SSSR count). The maximum absolute atomic E-state index is 11.9. The van der Waals surface area contributed by atoms with Crippen molar-refractivity contribution in [1.82, 2.24) is 5.32 Å². The van der Waals surface area contributed by atoms with E-state index in [0.29, 0.717) is 12.3 Å². The van der Waals surface area contributed by atoms with Crippen LogP contribution in [0.3, 0.4) is 0 Å². The van der Waals surface area contributed by atoms with Gasteiger partial charge in [0.05, 0.1) is 0 Å². The molecule has 1 aromatic rings. The van der Waals surface area contributed by atoms with Crippen molar-refractivity contribution < 1.29 is 9.53 Å². The van der Waals surface area contributed by atoms with E-state index in [4.69, 9.17) is 4.74 Å². The highest BCUT2D eigenvalue weighted by atomic mass is 16.5. The fourth-order valence-corrected chi connectivity index (χ4v) is 2.91. The zero-order valence-electron chi connectivity index (χ0n) is 13.3. The second kappa shape index (κ2) is 8.18. The molecule has 1 atom stereocenters. The zero-order valence-corrected chi connectivity index (χ0v) is 13.3. The predicted molar refractivity (Wildman–Crippen MR) is 85.4 cm³/mol. The van der Waals surface area contributed by atoms with Crippen LogP contribution in [0.4, 0.5) is 0 Å². The molecule has 1 aliphatic rings. The number of rotatable bonds is 6. The number of amides is 1. The Morgan fingerprint density at radius 1 is 1.38 bits per heavy atom. The third-order valence-electron chi connectivity index (χ3n) is 4.25. The van der Waals surface area contributed by atoms with Crippen molar-refractivity contribution in [3.63, 3.8) is 0 Å². The molecule has 1 amide bonds. The van der Waals surface area contributed by atoms with Crippen LogP contribution in [-0.2, 0) is 16.0 Å². The summed E-state index contributed by atoms with van der Waals surface area (Å²) in [7, 11) is 0. The maximum atomic E-state index is 11.9. The molecule has 0 spiro atoms. The average Bonchev–Trinajstić information content (AvgIpc) is 2.47. The molecule has 1 aliphatic heterocycles. The lowest BCUT2D eigenvalue weighted by Crippen LogP contribution is -2.28. The van der Waals surface area contributed by atoms with E-state index in [1.807, 2.05) is 0 Å². The first-order valence-electron chi connectivity index (χ1n) is 8.05. The summed E-state index contributed by atoms with van der Waals surface area (Å²) in [5.74, 6) is 0.782. The van der Waals surface area contributed by atoms with Crippen LogP contribution in [0.2, 0.25) is 0 Å². The van der Waals surface area contributed by atoms with E-state index in [0.717, 1.165) is 39.0 Å². The summed E-state index contributed by atoms with van der Waals surface area (Å²) >= 11 is 0. The van der Waals surface area contributed by atoms with Crippen molar-refractivity contribution in [3.8, 4) is 0 Å². The van der Waals surface area contributed by atoms with Gasteiger partial charge in [0.2, 0.25) is 5.91 Å². The number of ether oxygens (including phenoxy) is 1. The lowest BCUT2D eigenvalue weighted by atomic mass is 9.98. The Hall–Kier alpha value is -1.35. The minimum Gasteiger partial charge on any atom is -0.381 e. The van der Waals surface area contributed by atoms with Gasteiger partial charge in [-0.05, 0) is 56.6 Å². The highest BCUT2D eigenvalue weighted by molar-refractivity contribution is 5.76. The normalized spacial score (nSPS) is 18.5. The van der Waals surface area contributed by atoms with Gasteiger partial charge in [0.15, 0.2) is 0 Å². The van der Waals surface area contributed by atoms with Gasteiger partial charge in [-0.1, -0.05) is 23.8 Å². The lowest BCUT2D eigenvalue weighted by molar-refractivity contribution is -0.121. The molecule has 0 aromatic heterocycles. The maximum Gasteiger partial charge on any atom is 0.220 e. The third kappa shape index (κ3) is 5.50. The van der Waals surface area contributed by atoms with Gasteiger partial charge < -0.3 is 10.1 Å². The minimum absolute atomic E-state index is 0.159. The molecule has 0 aliphatic carbocycles. The van der Waals surface area contributed by atoms with Crippen molar-refractivity contribution in [1.29, 1.82) is 0 Å². The summed E-state index contributed by atoms with van der Waals surface area (Å²) in [6, 6.07) is 6.43. The van der Waals surface area contributed by atoms with Gasteiger partial charge in [-0.25, -0.2) is 0 Å². The van der Waals surface area contributed by atoms with E-state index in [1.54, 1.807) is 0 Å². The lowest BCUT2D eigenvalue weighted by Gasteiger charge is -2.21. The summed E-state index contributed by atoms with van der Waals surface area (Å²) in [5.41, 5.74) is 3.83. The molecule has 3 nitrogen and oxygen atoms in total. The first-order valence-corrected chi connectivity index (χ1v) is 8.05. The molecule has 1 saturated heterocycles. The van der Waals surface area contributed by atoms with Gasteiger partial charge in [0.1, 0.15) is 0 Å². The number of hydrogen-bond donors (Lipinski definition) is 1. The van der Waals surface area contributed by atoms with Crippen LogP contribution >= 0.6 is 0 Å². The summed E-state index contributed by atoms with van der Waals surface area (Å²) in [4.78, 5) is 11.9. The summed E-state index contributed by atoms with van der Waals surface area (Å²) in [5, 5.41) is 3.04. The Bertz CT molecular complexity index is 464. The van der Waals surface area contributed by atoms with E-state index >= 15 is 0 Å². The fraction of sp³-hybridized carbons (Fsp3) is 0.611. The second-order valence-corrected chi connectivity index (χ2v) is 6.15. The highest BCUT2D eigenvalue weighted by Crippen LogP contribution is 2.16. The summed E-state index contributed by atoms with van der Waals surface area (Å²) in [6.45, 7) is 6.75. The molecule has 3 heteroatoms. The van der Waals surface area contributed by atoms with Gasteiger partial charge in [0.25, 0.3) is 0 Å². The van der Waals surface area contributed by atoms with Crippen molar-refractivity contribution in [2.75, 3.05) is 19.8 Å². The quantitative estimate of drug-likeness (QED) is 0.873. The average molecular weight is 289 g/mol. The topological polar surface area (TPSA) is 38.3 Å². The standard InChI is InChI=1S/C18H27NO2/c1-14-5-6-17(15(2)12-14)7-8-18(20)19-10-9-16-4-3-11-21-13-16/h5-6,12,16H,3-4,7-11,13H2,1-2H3,(H,19,20). The Balaban J connectivity index is 1.65. The van der Waals surface area contributed by atoms with Gasteiger partial charge in [-0.2, -0.15) is 0 Å². The molecule has 0 saturated carbocycles. The summed E-state index contributed by atoms with van der Waals surface area (Å²) < 4.78 is 5.46. The number of nitrogens with one attached hydrogen (secondary N) is 1. The monoisotopic (exact) mass is 289 g/mol. The second-order valence-electron chi connectivity index (χ2n) is 6.15. The molecule has 1 heterocycles. The third-order valence-corrected chi connectivity index (χ3v) is 4.25. The Morgan fingerprint density at radius 3 is 2.95 bits per heavy atom. The van der Waals surface area contributed by atoms with Crippen LogP contribution in [0.1, 0.15) is 42.4 Å². The molecular weight excluding hydrogens is 262 g/mol. The predicted octanol–water partition coefficient (Wildman–Crippen LogP) is 3.17. The van der Waals surface area contributed by atoms with E-state index in [2.05, 4.69) is 37.4 Å². The number of carbonyl (C=O) groups is 1. The van der Waals surface area contributed by atoms with Crippen molar-refractivity contribution in [3.05, 3.63) is 34.9 Å². The molecule has 0 bridgehead atoms. The van der Waals surface area contributed by atoms with Crippen LogP contribution in [0.5, 0.6) is 0 Å². The molecule has 1 fully saturated rings. The van der Waals surface area contributed by atoms with Gasteiger partial charge >= 0.3 is 0 Å². The first-order chi connectivity index (χ1) is 10.1. The van der Waals surface area contributed by atoms with Gasteiger partial charge in [-0.15, -0.1) is 0 Å². The number of aryl methyl sites for hydroxylation is 3. The van der Waals surface area contributed by atoms with E-state index in [9.17, 15) is 4.79 Å². The van der Waals surface area contributed by atoms with Gasteiger partial charge in [-0.3, -0.25) is 4.79 Å². The van der Waals surface area contributed by atoms with Crippen LogP contribution < -0.4 is 5.32 Å². The Labute approximate surface area is 128 Å². The summed E-state index contributed by atoms with van der Waals surface area (Å²) in [6.07, 6.45) is 4.83. The molecule has 116 valence electrons. The molecule has 1 unspecified atom stereocenters. The van der Waals surface area contributed by atoms with Crippen LogP contribution in [0, 0.1) is 19.8 Å². The molecule has 21 heavy (non-hydrogen) atoms. The van der Waals surface area contributed by atoms with Gasteiger partial charge in [0, 0.05) is 26.2 Å². The van der Waals surface area contributed by atoms with E-state index in [-0.39, 0.29) is 5.91 Å². The van der Waals surface area contributed by atoms with Crippen LogP contribution in [-0.4, -0.2) is 25.7 Å². The molecule has 0 radical (unpaired) electrons. The number of carbonyl (C=O) groups excluding carboxylic acids is 1. The number of hydrogen-bond acceptors (Lipinski definition) is 2. The van der Waals surface area contributed by atoms with Crippen molar-refractivity contribution >= 4 is 5.91 Å². The van der Waals surface area contributed by atoms with Crippen molar-refractivity contribution in [2.24, 2.45) is 5.92 Å². The fourth-order valence-electron chi connectivity index (χ4n) is 2.91. The zero-order chi connectivity index (χ0) is 15.1.